The van der Waals surface area contributed by atoms with Crippen molar-refractivity contribution in [2.45, 2.75) is 71.5 Å². The van der Waals surface area contributed by atoms with Gasteiger partial charge in [-0.1, -0.05) is 19.9 Å². The zero-order valence-corrected chi connectivity index (χ0v) is 18.0. The third-order valence-electron chi connectivity index (χ3n) is 6.62. The van der Waals surface area contributed by atoms with E-state index in [1.807, 2.05) is 13.8 Å². The molecule has 6 nitrogen and oxygen atoms in total. The topological polar surface area (TPSA) is 89.9 Å². The third-order valence-corrected chi connectivity index (χ3v) is 6.62. The lowest BCUT2D eigenvalue weighted by atomic mass is 9.78. The summed E-state index contributed by atoms with van der Waals surface area (Å²) >= 11 is 0. The molecule has 0 spiro atoms. The minimum atomic E-state index is -0.821. The van der Waals surface area contributed by atoms with Gasteiger partial charge in [0, 0.05) is 19.1 Å². The van der Waals surface area contributed by atoms with Crippen LogP contribution < -0.4 is 5.32 Å². The zero-order chi connectivity index (χ0) is 22.0. The molecule has 2 atom stereocenters. The number of nitrogens with one attached hydrogen (secondary N) is 1. The molecule has 1 amide bonds. The van der Waals surface area contributed by atoms with Gasteiger partial charge in [-0.05, 0) is 68.4 Å². The van der Waals surface area contributed by atoms with Crippen molar-refractivity contribution in [3.05, 3.63) is 29.1 Å². The molecule has 0 bridgehead atoms. The summed E-state index contributed by atoms with van der Waals surface area (Å²) in [4.78, 5) is 25.8. The van der Waals surface area contributed by atoms with Crippen LogP contribution in [0, 0.1) is 23.6 Å². The van der Waals surface area contributed by atoms with Gasteiger partial charge in [0.2, 0.25) is 0 Å². The Kier molecular flexibility index (Phi) is 7.01. The second kappa shape index (κ2) is 9.33. The molecule has 1 unspecified atom stereocenters. The van der Waals surface area contributed by atoms with Crippen LogP contribution in [0.5, 0.6) is 5.75 Å². The van der Waals surface area contributed by atoms with Gasteiger partial charge in [0.05, 0.1) is 5.56 Å². The molecule has 1 aliphatic carbocycles. The summed E-state index contributed by atoms with van der Waals surface area (Å²) in [7, 11) is 0. The number of aromatic hydroxyl groups is 1. The average molecular weight is 421 g/mol. The van der Waals surface area contributed by atoms with Gasteiger partial charge in [0.15, 0.2) is 11.6 Å². The van der Waals surface area contributed by atoms with Crippen molar-refractivity contribution in [2.75, 3.05) is 6.54 Å². The van der Waals surface area contributed by atoms with E-state index in [1.165, 1.54) is 6.07 Å². The number of halogens is 1. The first-order valence-corrected chi connectivity index (χ1v) is 11.0. The number of rotatable bonds is 8. The van der Waals surface area contributed by atoms with Crippen LogP contribution in [0.1, 0.15) is 68.8 Å². The van der Waals surface area contributed by atoms with Crippen molar-refractivity contribution in [2.24, 2.45) is 17.8 Å². The van der Waals surface area contributed by atoms with E-state index in [0.717, 1.165) is 25.7 Å². The summed E-state index contributed by atoms with van der Waals surface area (Å²) in [6.07, 6.45) is 4.51. The van der Waals surface area contributed by atoms with Crippen LogP contribution in [0.2, 0.25) is 0 Å². The van der Waals surface area contributed by atoms with Gasteiger partial charge in [0.1, 0.15) is 6.04 Å². The van der Waals surface area contributed by atoms with Crippen molar-refractivity contribution in [3.63, 3.8) is 0 Å². The van der Waals surface area contributed by atoms with Crippen LogP contribution in [0.3, 0.4) is 0 Å². The number of amides is 1. The predicted molar refractivity (Wildman–Crippen MR) is 112 cm³/mol. The summed E-state index contributed by atoms with van der Waals surface area (Å²) in [6, 6.07) is 2.52. The predicted octanol–water partition coefficient (Wildman–Crippen LogP) is 3.77. The number of nitrogens with zero attached hydrogens (tertiary/aromatic N) is 1. The highest BCUT2D eigenvalue weighted by molar-refractivity contribution is 5.99. The van der Waals surface area contributed by atoms with Gasteiger partial charge in [-0.25, -0.2) is 4.39 Å². The fourth-order valence-corrected chi connectivity index (χ4v) is 4.90. The van der Waals surface area contributed by atoms with Crippen molar-refractivity contribution in [1.82, 2.24) is 10.2 Å². The number of phenolic OH excluding ortho intramolecular Hbond substituents is 1. The number of carboxylic acids is 1. The monoisotopic (exact) mass is 420 g/mol. The van der Waals surface area contributed by atoms with E-state index in [9.17, 15) is 24.2 Å². The molecule has 166 valence electrons. The van der Waals surface area contributed by atoms with Crippen LogP contribution in [0.4, 0.5) is 4.39 Å². The number of benzene rings is 1. The Balaban J connectivity index is 1.51. The normalized spacial score (nSPS) is 23.5. The van der Waals surface area contributed by atoms with Crippen molar-refractivity contribution in [3.8, 4) is 5.75 Å². The van der Waals surface area contributed by atoms with Crippen molar-refractivity contribution >= 4 is 11.9 Å². The summed E-state index contributed by atoms with van der Waals surface area (Å²) in [6.45, 7) is 7.10. The molecule has 1 aromatic rings. The highest BCUT2D eigenvalue weighted by atomic mass is 19.1. The number of carboxylic acid groups (broad SMARTS) is 1. The van der Waals surface area contributed by atoms with Gasteiger partial charge in [-0.2, -0.15) is 0 Å². The molecule has 1 aromatic carbocycles. The van der Waals surface area contributed by atoms with Gasteiger partial charge in [-0.3, -0.25) is 9.59 Å². The number of aliphatic carboxylic acids is 1. The first kappa shape index (κ1) is 22.5. The third kappa shape index (κ3) is 4.94. The maximum absolute atomic E-state index is 14.1. The largest absolute Gasteiger partial charge is 0.505 e. The number of carbonyl (C=O) groups excluding carboxylic acids is 1. The minimum absolute atomic E-state index is 0.00590. The Labute approximate surface area is 177 Å². The fraction of sp³-hybridized carbons (Fsp3) is 0.652. The summed E-state index contributed by atoms with van der Waals surface area (Å²) in [5.41, 5.74) is 0.637. The van der Waals surface area contributed by atoms with E-state index < -0.39 is 23.6 Å². The molecular weight excluding hydrogens is 387 g/mol. The summed E-state index contributed by atoms with van der Waals surface area (Å²) < 4.78 is 14.1. The van der Waals surface area contributed by atoms with Crippen LogP contribution in [0.15, 0.2) is 12.1 Å². The minimum Gasteiger partial charge on any atom is -0.505 e. The summed E-state index contributed by atoms with van der Waals surface area (Å²) in [5, 5.41) is 22.3. The maximum atomic E-state index is 14.1. The zero-order valence-electron chi connectivity index (χ0n) is 18.0. The van der Waals surface area contributed by atoms with Crippen LogP contribution in [-0.4, -0.2) is 45.6 Å². The van der Waals surface area contributed by atoms with Crippen molar-refractivity contribution < 1.29 is 24.2 Å². The molecule has 1 saturated carbocycles. The number of phenols is 1. The Morgan fingerprint density at radius 3 is 2.50 bits per heavy atom. The lowest BCUT2D eigenvalue weighted by molar-refractivity contribution is -0.140. The highest BCUT2D eigenvalue weighted by Gasteiger charge is 2.35. The summed E-state index contributed by atoms with van der Waals surface area (Å²) in [5.74, 6) is -1.36. The number of carbonyl (C=O) groups is 2. The molecule has 3 N–H and O–H groups in total. The molecule has 3 rings (SSSR count). The lowest BCUT2D eigenvalue weighted by Crippen LogP contribution is -2.46. The molecule has 2 aliphatic rings. The molecule has 0 radical (unpaired) electrons. The standard InChI is InChI=1S/C23H33FN2O4/c1-13(2)10-18(23(29)30)25-14(3)16-6-4-15(5-7-16)11-26-12-17-8-9-19(27)21(24)20(17)22(26)28/h8-9,13-16,18,25,27H,4-7,10-12H2,1-3H3,(H,29,30)/t14?,15?,16?,18-/m1/s1. The average Bonchev–Trinajstić information content (AvgIpc) is 3.00. The van der Waals surface area contributed by atoms with Crippen LogP contribution in [-0.2, 0) is 11.3 Å². The molecular formula is C23H33FN2O4. The molecule has 1 fully saturated rings. The Morgan fingerprint density at radius 1 is 1.23 bits per heavy atom. The van der Waals surface area contributed by atoms with Crippen LogP contribution >= 0.6 is 0 Å². The van der Waals surface area contributed by atoms with Crippen LogP contribution in [0.25, 0.3) is 0 Å². The first-order chi connectivity index (χ1) is 14.2. The van der Waals surface area contributed by atoms with Gasteiger partial charge in [-0.15, -0.1) is 0 Å². The number of fused-ring (bicyclic) bond motifs is 1. The van der Waals surface area contributed by atoms with Gasteiger partial charge in [0.25, 0.3) is 5.91 Å². The number of hydrogen-bond acceptors (Lipinski definition) is 4. The van der Waals surface area contributed by atoms with E-state index >= 15 is 0 Å². The quantitative estimate of drug-likeness (QED) is 0.596. The first-order valence-electron chi connectivity index (χ1n) is 11.0. The van der Waals surface area contributed by atoms with E-state index in [-0.39, 0.29) is 17.5 Å². The second-order valence-electron chi connectivity index (χ2n) is 9.37. The highest BCUT2D eigenvalue weighted by Crippen LogP contribution is 2.35. The lowest BCUT2D eigenvalue weighted by Gasteiger charge is -2.35. The Hall–Kier alpha value is -2.15. The number of hydrogen-bond donors (Lipinski definition) is 3. The van der Waals surface area contributed by atoms with Gasteiger partial charge >= 0.3 is 5.97 Å². The Bertz CT molecular complexity index is 790. The molecule has 30 heavy (non-hydrogen) atoms. The second-order valence-corrected chi connectivity index (χ2v) is 9.37. The van der Waals surface area contributed by atoms with E-state index in [0.29, 0.717) is 42.8 Å². The maximum Gasteiger partial charge on any atom is 0.320 e. The van der Waals surface area contributed by atoms with E-state index in [4.69, 9.17) is 0 Å². The molecule has 1 aliphatic heterocycles. The molecule has 0 saturated heterocycles. The Morgan fingerprint density at radius 2 is 1.90 bits per heavy atom. The smallest absolute Gasteiger partial charge is 0.320 e. The molecule has 1 heterocycles. The molecule has 0 aromatic heterocycles. The van der Waals surface area contributed by atoms with E-state index in [1.54, 1.807) is 11.0 Å². The molecule has 7 heteroatoms. The fourth-order valence-electron chi connectivity index (χ4n) is 4.90. The van der Waals surface area contributed by atoms with Gasteiger partial charge < -0.3 is 20.4 Å². The van der Waals surface area contributed by atoms with Crippen molar-refractivity contribution in [1.29, 1.82) is 0 Å². The van der Waals surface area contributed by atoms with E-state index in [2.05, 4.69) is 12.2 Å². The SMILES string of the molecule is CC(C)C[C@@H](NC(C)C1CCC(CN2Cc3ccc(O)c(F)c3C2=O)CC1)C(=O)O.